The standard InChI is InChI=1S/C11H10BClN2.CH4O/c1-14-6-7-2-3-8-5-9(13)11(12)15-10(8)4-7;1-2/h2-5,14H,6H2,1H3;2H,1H3. The predicted octanol–water partition coefficient (Wildman–Crippen LogP) is 1.01. The minimum atomic E-state index is 0.380. The Morgan fingerprint density at radius 3 is 2.71 bits per heavy atom. The quantitative estimate of drug-likeness (QED) is 0.780. The Balaban J connectivity index is 0.000000686. The Kier molecular flexibility index (Phi) is 5.42. The lowest BCUT2D eigenvalue weighted by atomic mass is 10.0. The van der Waals surface area contributed by atoms with Crippen molar-refractivity contribution in [1.29, 1.82) is 0 Å². The number of nitrogens with zero attached hydrogens (tertiary/aromatic N) is 1. The molecule has 5 heteroatoms. The maximum absolute atomic E-state index is 7.00. The molecule has 2 rings (SSSR count). The summed E-state index contributed by atoms with van der Waals surface area (Å²) < 4.78 is 0. The molecule has 0 aliphatic carbocycles. The van der Waals surface area contributed by atoms with Crippen molar-refractivity contribution in [2.75, 3.05) is 14.2 Å². The van der Waals surface area contributed by atoms with Gasteiger partial charge >= 0.3 is 0 Å². The van der Waals surface area contributed by atoms with Crippen molar-refractivity contribution < 1.29 is 5.11 Å². The van der Waals surface area contributed by atoms with Gasteiger partial charge in [-0.3, -0.25) is 4.98 Å². The van der Waals surface area contributed by atoms with Crippen molar-refractivity contribution >= 4 is 35.9 Å². The third-order valence-electron chi connectivity index (χ3n) is 2.24. The number of hydrogen-bond donors (Lipinski definition) is 2. The molecule has 0 bridgehead atoms. The molecular weight excluding hydrogens is 234 g/mol. The van der Waals surface area contributed by atoms with E-state index in [0.717, 1.165) is 24.6 Å². The van der Waals surface area contributed by atoms with Gasteiger partial charge in [0.25, 0.3) is 0 Å². The number of pyridine rings is 1. The third-order valence-corrected chi connectivity index (χ3v) is 2.55. The molecule has 1 heterocycles. The van der Waals surface area contributed by atoms with Gasteiger partial charge in [-0.2, -0.15) is 0 Å². The Morgan fingerprint density at radius 1 is 1.35 bits per heavy atom. The third kappa shape index (κ3) is 3.43. The Bertz CT molecular complexity index is 505. The van der Waals surface area contributed by atoms with Crippen LogP contribution >= 0.6 is 11.6 Å². The van der Waals surface area contributed by atoms with Crippen LogP contribution in [0.1, 0.15) is 5.56 Å². The highest BCUT2D eigenvalue weighted by atomic mass is 35.5. The smallest absolute Gasteiger partial charge is 0.143 e. The highest BCUT2D eigenvalue weighted by Crippen LogP contribution is 2.16. The molecule has 17 heavy (non-hydrogen) atoms. The average Bonchev–Trinajstić information content (AvgIpc) is 2.34. The second-order valence-corrected chi connectivity index (χ2v) is 3.82. The maximum Gasteiger partial charge on any atom is 0.143 e. The van der Waals surface area contributed by atoms with Crippen molar-refractivity contribution in [3.05, 3.63) is 34.9 Å². The number of halogens is 1. The molecule has 2 aromatic rings. The highest BCUT2D eigenvalue weighted by Gasteiger charge is 2.01. The van der Waals surface area contributed by atoms with Crippen LogP contribution in [0.5, 0.6) is 0 Å². The molecule has 0 saturated heterocycles. The molecule has 3 nitrogen and oxygen atoms in total. The van der Waals surface area contributed by atoms with Gasteiger partial charge in [0.2, 0.25) is 0 Å². The lowest BCUT2D eigenvalue weighted by Gasteiger charge is -2.05. The Morgan fingerprint density at radius 2 is 2.06 bits per heavy atom. The van der Waals surface area contributed by atoms with Gasteiger partial charge in [-0.05, 0) is 24.7 Å². The maximum atomic E-state index is 7.00. The highest BCUT2D eigenvalue weighted by molar-refractivity contribution is 6.44. The van der Waals surface area contributed by atoms with E-state index in [4.69, 9.17) is 24.6 Å². The molecule has 1 aromatic heterocycles. The zero-order valence-electron chi connectivity index (χ0n) is 9.87. The van der Waals surface area contributed by atoms with E-state index >= 15 is 0 Å². The monoisotopic (exact) mass is 248 g/mol. The van der Waals surface area contributed by atoms with Gasteiger partial charge in [-0.25, -0.2) is 0 Å². The molecule has 0 aliphatic heterocycles. The second-order valence-electron chi connectivity index (χ2n) is 3.41. The predicted molar refractivity (Wildman–Crippen MR) is 73.0 cm³/mol. The number of aromatic nitrogens is 1. The second kappa shape index (κ2) is 6.59. The lowest BCUT2D eigenvalue weighted by molar-refractivity contribution is 0.399. The summed E-state index contributed by atoms with van der Waals surface area (Å²) in [7, 11) is 8.56. The fourth-order valence-electron chi connectivity index (χ4n) is 1.52. The van der Waals surface area contributed by atoms with Crippen LogP contribution in [0.3, 0.4) is 0 Å². The van der Waals surface area contributed by atoms with Gasteiger partial charge in [0.05, 0.1) is 10.5 Å². The summed E-state index contributed by atoms with van der Waals surface area (Å²) in [6.45, 7) is 0.820. The van der Waals surface area contributed by atoms with Crippen LogP contribution in [0.2, 0.25) is 5.02 Å². The average molecular weight is 249 g/mol. The molecule has 0 saturated carbocycles. The Labute approximate surface area is 107 Å². The van der Waals surface area contributed by atoms with Crippen LogP contribution in [0, 0.1) is 0 Å². The van der Waals surface area contributed by atoms with Gasteiger partial charge in [0, 0.05) is 24.6 Å². The van der Waals surface area contributed by atoms with Gasteiger partial charge in [0.1, 0.15) is 7.85 Å². The van der Waals surface area contributed by atoms with Crippen molar-refractivity contribution in [1.82, 2.24) is 10.3 Å². The lowest BCUT2D eigenvalue weighted by Crippen LogP contribution is -2.10. The van der Waals surface area contributed by atoms with E-state index in [-0.39, 0.29) is 0 Å². The number of hydrogen-bond acceptors (Lipinski definition) is 3. The molecule has 2 N–H and O–H groups in total. The van der Waals surface area contributed by atoms with Gasteiger partial charge in [-0.15, -0.1) is 0 Å². The van der Waals surface area contributed by atoms with Crippen LogP contribution in [0.15, 0.2) is 24.3 Å². The van der Waals surface area contributed by atoms with E-state index in [1.54, 1.807) is 0 Å². The molecular formula is C12H14BClN2O. The molecule has 88 valence electrons. The first kappa shape index (κ1) is 14.0. The summed E-state index contributed by atoms with van der Waals surface area (Å²) in [6, 6.07) is 7.90. The van der Waals surface area contributed by atoms with E-state index in [1.165, 1.54) is 5.56 Å². The normalized spacial score (nSPS) is 9.88. The van der Waals surface area contributed by atoms with Crippen molar-refractivity contribution in [2.24, 2.45) is 0 Å². The number of nitrogens with one attached hydrogen (secondary N) is 1. The van der Waals surface area contributed by atoms with E-state index in [1.807, 2.05) is 31.3 Å². The first-order valence-corrected chi connectivity index (χ1v) is 5.52. The van der Waals surface area contributed by atoms with Gasteiger partial charge in [0.15, 0.2) is 0 Å². The van der Waals surface area contributed by atoms with E-state index < -0.39 is 0 Å². The molecule has 0 unspecified atom stereocenters. The fraction of sp³-hybridized carbons (Fsp3) is 0.250. The number of aliphatic hydroxyl groups excluding tert-OH is 1. The molecule has 0 atom stereocenters. The largest absolute Gasteiger partial charge is 0.400 e. The van der Waals surface area contributed by atoms with E-state index in [9.17, 15) is 0 Å². The van der Waals surface area contributed by atoms with Gasteiger partial charge in [-0.1, -0.05) is 23.7 Å². The van der Waals surface area contributed by atoms with Crippen molar-refractivity contribution in [3.63, 3.8) is 0 Å². The van der Waals surface area contributed by atoms with E-state index in [2.05, 4.69) is 10.3 Å². The number of benzene rings is 1. The van der Waals surface area contributed by atoms with Crippen molar-refractivity contribution in [2.45, 2.75) is 6.54 Å². The van der Waals surface area contributed by atoms with Crippen LogP contribution in [-0.4, -0.2) is 32.1 Å². The molecule has 0 fully saturated rings. The minimum Gasteiger partial charge on any atom is -0.400 e. The summed E-state index contributed by atoms with van der Waals surface area (Å²) in [6.07, 6.45) is 0. The summed E-state index contributed by atoms with van der Waals surface area (Å²) in [4.78, 5) is 4.24. The Hall–Kier alpha value is -1.10. The summed E-state index contributed by atoms with van der Waals surface area (Å²) >= 11 is 5.89. The topological polar surface area (TPSA) is 45.2 Å². The van der Waals surface area contributed by atoms with Crippen LogP contribution in [-0.2, 0) is 6.54 Å². The number of fused-ring (bicyclic) bond motifs is 1. The summed E-state index contributed by atoms with van der Waals surface area (Å²) in [5.41, 5.74) is 2.44. The fourth-order valence-corrected chi connectivity index (χ4v) is 1.68. The molecule has 0 amide bonds. The number of aliphatic hydroxyl groups is 1. The minimum absolute atomic E-state index is 0.380. The van der Waals surface area contributed by atoms with Crippen LogP contribution in [0.4, 0.5) is 0 Å². The van der Waals surface area contributed by atoms with Gasteiger partial charge < -0.3 is 10.4 Å². The molecule has 1 aromatic carbocycles. The van der Waals surface area contributed by atoms with Crippen LogP contribution in [0.25, 0.3) is 10.9 Å². The molecule has 2 radical (unpaired) electrons. The van der Waals surface area contributed by atoms with E-state index in [0.29, 0.717) is 10.6 Å². The first-order valence-electron chi connectivity index (χ1n) is 5.14. The van der Waals surface area contributed by atoms with Crippen LogP contribution < -0.4 is 10.9 Å². The zero-order chi connectivity index (χ0) is 12.8. The SMILES string of the molecule is CO.[B]c1nc2cc(CNC)ccc2cc1Cl. The first-order chi connectivity index (χ1) is 8.20. The molecule has 0 spiro atoms. The summed E-state index contributed by atoms with van der Waals surface area (Å²) in [5.74, 6) is 0. The zero-order valence-corrected chi connectivity index (χ0v) is 10.6. The van der Waals surface area contributed by atoms with Crippen molar-refractivity contribution in [3.8, 4) is 0 Å². The summed E-state index contributed by atoms with van der Waals surface area (Å²) in [5, 5.41) is 11.6. The number of rotatable bonds is 2. The molecule has 0 aliphatic rings.